The van der Waals surface area contributed by atoms with Gasteiger partial charge in [0.25, 0.3) is 0 Å². The van der Waals surface area contributed by atoms with E-state index in [0.717, 1.165) is 57.1 Å². The van der Waals surface area contributed by atoms with Gasteiger partial charge in [-0.15, -0.1) is 0 Å². The number of benzene rings is 2. The molecular weight excluding hydrogens is 603 g/mol. The van der Waals surface area contributed by atoms with Crippen molar-refractivity contribution >= 4 is 28.6 Å². The molecule has 240 valence electrons. The Balaban J connectivity index is 1.17. The summed E-state index contributed by atoms with van der Waals surface area (Å²) >= 11 is 6.28. The summed E-state index contributed by atoms with van der Waals surface area (Å²) < 4.78 is 16.7. The summed E-state index contributed by atoms with van der Waals surface area (Å²) in [7, 11) is 0. The average Bonchev–Trinajstić information content (AvgIpc) is 3.31. The minimum absolute atomic E-state index is 0.0625. The Morgan fingerprint density at radius 1 is 1.13 bits per heavy atom. The van der Waals surface area contributed by atoms with Crippen LogP contribution in [0, 0.1) is 5.82 Å². The lowest BCUT2D eigenvalue weighted by Gasteiger charge is -2.23. The van der Waals surface area contributed by atoms with Crippen LogP contribution in [0.25, 0.3) is 28.0 Å². The fourth-order valence-corrected chi connectivity index (χ4v) is 6.48. The second-order valence-electron chi connectivity index (χ2n) is 12.3. The van der Waals surface area contributed by atoms with Crippen LogP contribution in [0.15, 0.2) is 71.9 Å². The molecule has 1 fully saturated rings. The maximum absolute atomic E-state index is 15.2. The van der Waals surface area contributed by atoms with Crippen LogP contribution in [0.5, 0.6) is 0 Å². The lowest BCUT2D eigenvalue weighted by Crippen LogP contribution is -2.33. The summed E-state index contributed by atoms with van der Waals surface area (Å²) in [6.45, 7) is 2.77. The number of hydrogen-bond acceptors (Lipinski definition) is 7. The van der Waals surface area contributed by atoms with Gasteiger partial charge in [0.15, 0.2) is 5.82 Å². The summed E-state index contributed by atoms with van der Waals surface area (Å²) in [5, 5.41) is 7.91. The van der Waals surface area contributed by atoms with Crippen molar-refractivity contribution in [1.82, 2.24) is 29.8 Å². The highest BCUT2D eigenvalue weighted by atomic mass is 35.5. The summed E-state index contributed by atoms with van der Waals surface area (Å²) in [6, 6.07) is 15.9. The monoisotopic (exact) mass is 642 g/mol. The van der Waals surface area contributed by atoms with Crippen molar-refractivity contribution < 1.29 is 4.39 Å². The highest BCUT2D eigenvalue weighted by Gasteiger charge is 2.21. The number of nitrogens with one attached hydrogen (secondary N) is 3. The highest BCUT2D eigenvalue weighted by Crippen LogP contribution is 2.32. The Hall–Kier alpha value is -4.12. The number of aromatic nitrogens is 5. The van der Waals surface area contributed by atoms with Gasteiger partial charge in [-0.1, -0.05) is 36.6 Å². The largest absolute Gasteiger partial charge is 0.354 e. The van der Waals surface area contributed by atoms with Crippen molar-refractivity contribution in [2.24, 2.45) is 5.73 Å². The van der Waals surface area contributed by atoms with Crippen molar-refractivity contribution in [3.8, 4) is 16.9 Å². The molecule has 4 heterocycles. The van der Waals surface area contributed by atoms with E-state index in [9.17, 15) is 4.79 Å². The second kappa shape index (κ2) is 14.5. The van der Waals surface area contributed by atoms with Crippen molar-refractivity contribution in [3.63, 3.8) is 0 Å². The molecule has 0 spiro atoms. The summed E-state index contributed by atoms with van der Waals surface area (Å²) in [5.41, 5.74) is 9.57. The minimum Gasteiger partial charge on any atom is -0.354 e. The SMILES string of the molecule is C[C@H](N)CCCc1cc(Cl)c(F)c(-c2cc3cn(-c4ccc([C@@H]5CCCC[C@@H](CCNc6ncccn6)N5)cc4)c(=O)nc3[nH]2)c1. The lowest BCUT2D eigenvalue weighted by molar-refractivity contribution is 0.424. The Labute approximate surface area is 272 Å². The first-order valence-corrected chi connectivity index (χ1v) is 16.5. The van der Waals surface area contributed by atoms with Gasteiger partial charge in [0, 0.05) is 54.2 Å². The van der Waals surface area contributed by atoms with Gasteiger partial charge < -0.3 is 21.4 Å². The molecule has 0 aliphatic carbocycles. The number of H-pyrrole nitrogens is 1. The first-order chi connectivity index (χ1) is 22.3. The number of hydrogen-bond donors (Lipinski definition) is 4. The van der Waals surface area contributed by atoms with Gasteiger partial charge in [0.1, 0.15) is 5.65 Å². The Morgan fingerprint density at radius 3 is 2.70 bits per heavy atom. The number of anilines is 1. The molecule has 3 atom stereocenters. The van der Waals surface area contributed by atoms with Crippen molar-refractivity contribution in [1.29, 1.82) is 0 Å². The van der Waals surface area contributed by atoms with E-state index >= 15 is 4.39 Å². The van der Waals surface area contributed by atoms with E-state index < -0.39 is 11.5 Å². The number of aryl methyl sites for hydroxylation is 1. The van der Waals surface area contributed by atoms with Crippen LogP contribution in [0.2, 0.25) is 5.02 Å². The maximum atomic E-state index is 15.2. The first-order valence-electron chi connectivity index (χ1n) is 16.1. The van der Waals surface area contributed by atoms with Crippen LogP contribution in [-0.4, -0.2) is 43.1 Å². The van der Waals surface area contributed by atoms with Crippen LogP contribution in [0.4, 0.5) is 10.3 Å². The molecule has 46 heavy (non-hydrogen) atoms. The predicted molar refractivity (Wildman–Crippen MR) is 182 cm³/mol. The maximum Gasteiger partial charge on any atom is 0.354 e. The summed E-state index contributed by atoms with van der Waals surface area (Å²) in [5.74, 6) is 0.141. The molecule has 0 amide bonds. The third kappa shape index (κ3) is 7.63. The number of rotatable bonds is 11. The average molecular weight is 643 g/mol. The Bertz CT molecular complexity index is 1820. The third-order valence-corrected chi connectivity index (χ3v) is 8.93. The van der Waals surface area contributed by atoms with E-state index in [2.05, 4.69) is 42.7 Å². The molecular formula is C35H40ClFN8O. The van der Waals surface area contributed by atoms with Gasteiger partial charge in [-0.2, -0.15) is 4.98 Å². The molecule has 0 radical (unpaired) electrons. The van der Waals surface area contributed by atoms with Crippen LogP contribution in [0.3, 0.4) is 0 Å². The molecule has 1 aliphatic heterocycles. The summed E-state index contributed by atoms with van der Waals surface area (Å²) in [6.07, 6.45) is 13.2. The molecule has 3 aromatic heterocycles. The normalized spacial score (nSPS) is 17.6. The van der Waals surface area contributed by atoms with Crippen molar-refractivity contribution in [2.45, 2.75) is 76.4 Å². The molecule has 9 nitrogen and oxygen atoms in total. The highest BCUT2D eigenvalue weighted by molar-refractivity contribution is 6.31. The minimum atomic E-state index is -0.509. The predicted octanol–water partition coefficient (Wildman–Crippen LogP) is 6.71. The van der Waals surface area contributed by atoms with E-state index in [1.807, 2.05) is 31.2 Å². The number of halogens is 2. The van der Waals surface area contributed by atoms with Crippen molar-refractivity contribution in [2.75, 3.05) is 11.9 Å². The van der Waals surface area contributed by atoms with E-state index in [4.69, 9.17) is 17.3 Å². The molecule has 1 saturated heterocycles. The molecule has 11 heteroatoms. The molecule has 0 unspecified atom stereocenters. The molecule has 2 aromatic carbocycles. The van der Waals surface area contributed by atoms with Crippen LogP contribution in [0.1, 0.15) is 69.0 Å². The fraction of sp³-hybridized carbons (Fsp3) is 0.371. The van der Waals surface area contributed by atoms with E-state index in [-0.39, 0.29) is 17.1 Å². The number of nitrogens with zero attached hydrogens (tertiary/aromatic N) is 4. The zero-order valence-electron chi connectivity index (χ0n) is 26.0. The summed E-state index contributed by atoms with van der Waals surface area (Å²) in [4.78, 5) is 29.0. The Kier molecular flexibility index (Phi) is 10.1. The number of fused-ring (bicyclic) bond motifs is 1. The van der Waals surface area contributed by atoms with E-state index in [0.29, 0.717) is 40.0 Å². The molecule has 5 aromatic rings. The van der Waals surface area contributed by atoms with Gasteiger partial charge >= 0.3 is 5.69 Å². The third-order valence-electron chi connectivity index (χ3n) is 8.66. The molecule has 6 rings (SSSR count). The van der Waals surface area contributed by atoms with Gasteiger partial charge in [-0.05, 0) is 93.0 Å². The number of nitrogens with two attached hydrogens (primary N) is 1. The number of aromatic amines is 1. The Morgan fingerprint density at radius 2 is 1.91 bits per heavy atom. The standard InChI is InChI=1S/C35H40ClFN8O/c1-22(38)6-4-7-23-18-28(32(37)29(36)19-23)31-20-25-21-45(35(46)44-33(25)43-31)27-12-10-24(11-13-27)30-9-3-2-8-26(42-30)14-17-41-34-39-15-5-16-40-34/h5,10-13,15-16,18-22,26,30,42H,2-4,6-9,14,17,38H2,1H3,(H,39,40,41)(H,43,44,46)/t22-,26-,30-/m0/s1. The second-order valence-corrected chi connectivity index (χ2v) is 12.7. The molecule has 1 aliphatic rings. The van der Waals surface area contributed by atoms with E-state index in [1.165, 1.54) is 16.6 Å². The first kappa shape index (κ1) is 31.8. The van der Waals surface area contributed by atoms with Gasteiger partial charge in [-0.25, -0.2) is 19.2 Å². The van der Waals surface area contributed by atoms with E-state index in [1.54, 1.807) is 30.7 Å². The van der Waals surface area contributed by atoms with Crippen LogP contribution < -0.4 is 22.1 Å². The van der Waals surface area contributed by atoms with Crippen molar-refractivity contribution in [3.05, 3.63) is 99.6 Å². The fourth-order valence-electron chi connectivity index (χ4n) is 6.23. The zero-order chi connectivity index (χ0) is 32.0. The molecule has 5 N–H and O–H groups in total. The topological polar surface area (TPSA) is 127 Å². The lowest BCUT2D eigenvalue weighted by atomic mass is 10.0. The zero-order valence-corrected chi connectivity index (χ0v) is 26.7. The van der Waals surface area contributed by atoms with Crippen LogP contribution in [-0.2, 0) is 6.42 Å². The van der Waals surface area contributed by atoms with Gasteiger partial charge in [-0.3, -0.25) is 4.57 Å². The quantitative estimate of drug-likeness (QED) is 0.126. The molecule has 0 saturated carbocycles. The smallest absolute Gasteiger partial charge is 0.354 e. The van der Waals surface area contributed by atoms with Gasteiger partial charge in [0.05, 0.1) is 16.4 Å². The van der Waals surface area contributed by atoms with Crippen LogP contribution >= 0.6 is 11.6 Å². The van der Waals surface area contributed by atoms with Gasteiger partial charge in [0.2, 0.25) is 5.95 Å². The molecule has 0 bridgehead atoms.